The lowest BCUT2D eigenvalue weighted by Crippen LogP contribution is -2.29. The van der Waals surface area contributed by atoms with Crippen LogP contribution in [-0.4, -0.2) is 41.4 Å². The van der Waals surface area contributed by atoms with Crippen molar-refractivity contribution in [3.05, 3.63) is 60.0 Å². The van der Waals surface area contributed by atoms with Crippen molar-refractivity contribution in [2.75, 3.05) is 26.0 Å². The topological polar surface area (TPSA) is 61.0 Å². The van der Waals surface area contributed by atoms with Crippen molar-refractivity contribution >= 4 is 34.0 Å². The Morgan fingerprint density at radius 3 is 2.62 bits per heavy atom. The van der Waals surface area contributed by atoms with E-state index in [1.54, 1.807) is 11.3 Å². The van der Waals surface area contributed by atoms with Crippen LogP contribution in [-0.2, 0) is 4.79 Å². The van der Waals surface area contributed by atoms with Gasteiger partial charge in [-0.15, -0.1) is 11.3 Å². The molecule has 0 radical (unpaired) electrons. The number of benzene rings is 2. The molecule has 0 spiro atoms. The van der Waals surface area contributed by atoms with Crippen LogP contribution in [0.3, 0.4) is 0 Å². The molecule has 148 valence electrons. The zero-order chi connectivity index (χ0) is 20.4. The minimum absolute atomic E-state index is 0.0363. The molecule has 1 unspecified atom stereocenters. The van der Waals surface area contributed by atoms with E-state index in [9.17, 15) is 4.79 Å². The van der Waals surface area contributed by atoms with Crippen molar-refractivity contribution < 1.29 is 4.79 Å². The number of amides is 1. The van der Waals surface area contributed by atoms with Gasteiger partial charge in [-0.2, -0.15) is 0 Å². The summed E-state index contributed by atoms with van der Waals surface area (Å²) in [5.41, 5.74) is 5.09. The van der Waals surface area contributed by atoms with Crippen LogP contribution in [0.15, 0.2) is 60.0 Å². The molecular weight excluding hydrogens is 380 g/mol. The lowest BCUT2D eigenvalue weighted by atomic mass is 10.1. The molecule has 2 heterocycles. The molecule has 0 bridgehead atoms. The van der Waals surface area contributed by atoms with Crippen molar-refractivity contribution in [3.8, 4) is 21.8 Å². The van der Waals surface area contributed by atoms with Gasteiger partial charge in [0, 0.05) is 18.2 Å². The Kier molecular flexibility index (Phi) is 5.47. The summed E-state index contributed by atoms with van der Waals surface area (Å²) in [6.07, 6.45) is 0. The van der Waals surface area contributed by atoms with Gasteiger partial charge in [0.05, 0.1) is 15.9 Å². The molecule has 29 heavy (non-hydrogen) atoms. The van der Waals surface area contributed by atoms with E-state index in [0.717, 1.165) is 45.1 Å². The van der Waals surface area contributed by atoms with E-state index in [4.69, 9.17) is 0 Å². The predicted molar refractivity (Wildman–Crippen MR) is 121 cm³/mol. The Labute approximate surface area is 174 Å². The van der Waals surface area contributed by atoms with Crippen molar-refractivity contribution in [3.63, 3.8) is 0 Å². The Hall–Kier alpha value is -2.96. The molecule has 2 N–H and O–H groups in total. The van der Waals surface area contributed by atoms with E-state index in [0.29, 0.717) is 0 Å². The van der Waals surface area contributed by atoms with Crippen LogP contribution in [0, 0.1) is 5.92 Å². The molecule has 5 nitrogen and oxygen atoms in total. The number of aromatic amines is 1. The van der Waals surface area contributed by atoms with Gasteiger partial charge >= 0.3 is 0 Å². The van der Waals surface area contributed by atoms with E-state index in [2.05, 4.69) is 26.7 Å². The highest BCUT2D eigenvalue weighted by Crippen LogP contribution is 2.32. The van der Waals surface area contributed by atoms with Gasteiger partial charge in [0.15, 0.2) is 0 Å². The summed E-state index contributed by atoms with van der Waals surface area (Å²) in [6.45, 7) is 2.66. The number of nitrogens with one attached hydrogen (secondary N) is 2. The first kappa shape index (κ1) is 19.4. The molecule has 1 amide bonds. The van der Waals surface area contributed by atoms with Gasteiger partial charge in [-0.3, -0.25) is 4.79 Å². The quantitative estimate of drug-likeness (QED) is 0.470. The number of carbonyl (C=O) groups is 1. The van der Waals surface area contributed by atoms with Gasteiger partial charge in [0.1, 0.15) is 5.82 Å². The van der Waals surface area contributed by atoms with E-state index < -0.39 is 0 Å². The van der Waals surface area contributed by atoms with Crippen LogP contribution >= 0.6 is 11.3 Å². The molecule has 0 saturated heterocycles. The second-order valence-electron chi connectivity index (χ2n) is 7.53. The van der Waals surface area contributed by atoms with Crippen LogP contribution in [0.4, 0.5) is 5.69 Å². The van der Waals surface area contributed by atoms with Crippen molar-refractivity contribution in [1.29, 1.82) is 0 Å². The average Bonchev–Trinajstić information content (AvgIpc) is 3.35. The fourth-order valence-corrected chi connectivity index (χ4v) is 4.18. The molecule has 0 fully saturated rings. The number of aromatic nitrogens is 2. The number of H-pyrrole nitrogens is 1. The SMILES string of the molecule is CC(CN(C)C)C(=O)Nc1ccc(-c2csc(-c3nc4ccccc4[nH]3)c2)cc1. The second-order valence-corrected chi connectivity index (χ2v) is 8.44. The van der Waals surface area contributed by atoms with E-state index in [1.165, 1.54) is 0 Å². The monoisotopic (exact) mass is 404 g/mol. The number of imidazole rings is 1. The third kappa shape index (κ3) is 4.39. The van der Waals surface area contributed by atoms with Crippen molar-refractivity contribution in [1.82, 2.24) is 14.9 Å². The highest BCUT2D eigenvalue weighted by atomic mass is 32.1. The fourth-order valence-electron chi connectivity index (χ4n) is 3.32. The summed E-state index contributed by atoms with van der Waals surface area (Å²) in [4.78, 5) is 23.5. The zero-order valence-electron chi connectivity index (χ0n) is 16.8. The molecule has 2 aromatic carbocycles. The number of para-hydroxylation sites is 2. The van der Waals surface area contributed by atoms with E-state index in [-0.39, 0.29) is 11.8 Å². The number of hydrogen-bond donors (Lipinski definition) is 2. The molecule has 0 saturated carbocycles. The van der Waals surface area contributed by atoms with Crippen LogP contribution < -0.4 is 5.32 Å². The van der Waals surface area contributed by atoms with E-state index >= 15 is 0 Å². The van der Waals surface area contributed by atoms with Crippen LogP contribution in [0.2, 0.25) is 0 Å². The van der Waals surface area contributed by atoms with Gasteiger partial charge in [-0.1, -0.05) is 31.2 Å². The van der Waals surface area contributed by atoms with Gasteiger partial charge in [-0.25, -0.2) is 4.98 Å². The van der Waals surface area contributed by atoms with Crippen molar-refractivity contribution in [2.45, 2.75) is 6.92 Å². The summed E-state index contributed by atoms with van der Waals surface area (Å²) in [5.74, 6) is 0.864. The third-order valence-corrected chi connectivity index (χ3v) is 5.73. The zero-order valence-corrected chi connectivity index (χ0v) is 17.6. The molecule has 1 atom stereocenters. The molecule has 0 aliphatic heterocycles. The highest BCUT2D eigenvalue weighted by molar-refractivity contribution is 7.13. The molecule has 0 aliphatic rings. The number of fused-ring (bicyclic) bond motifs is 1. The molecule has 4 rings (SSSR count). The van der Waals surface area contributed by atoms with E-state index in [1.807, 2.05) is 74.4 Å². The lowest BCUT2D eigenvalue weighted by Gasteiger charge is -2.16. The largest absolute Gasteiger partial charge is 0.337 e. The lowest BCUT2D eigenvalue weighted by molar-refractivity contribution is -0.119. The minimum Gasteiger partial charge on any atom is -0.337 e. The number of nitrogens with zero attached hydrogens (tertiary/aromatic N) is 2. The van der Waals surface area contributed by atoms with Gasteiger partial charge in [0.25, 0.3) is 0 Å². The second kappa shape index (κ2) is 8.19. The maximum atomic E-state index is 12.3. The molecule has 4 aromatic rings. The maximum Gasteiger partial charge on any atom is 0.228 e. The number of carbonyl (C=O) groups excluding carboxylic acids is 1. The van der Waals surface area contributed by atoms with Crippen LogP contribution in [0.5, 0.6) is 0 Å². The average molecular weight is 405 g/mol. The normalized spacial score (nSPS) is 12.4. The predicted octanol–water partition coefficient (Wildman–Crippen LogP) is 5.09. The Bertz CT molecular complexity index is 1090. The van der Waals surface area contributed by atoms with Crippen LogP contribution in [0.1, 0.15) is 6.92 Å². The summed E-state index contributed by atoms with van der Waals surface area (Å²) in [7, 11) is 3.94. The molecule has 6 heteroatoms. The Morgan fingerprint density at radius 2 is 1.90 bits per heavy atom. The number of anilines is 1. The third-order valence-electron chi connectivity index (χ3n) is 4.79. The molecular formula is C23H24N4OS. The number of thiophene rings is 1. The maximum absolute atomic E-state index is 12.3. The summed E-state index contributed by atoms with van der Waals surface area (Å²) < 4.78 is 0. The van der Waals surface area contributed by atoms with Gasteiger partial charge in [0.2, 0.25) is 5.91 Å². The highest BCUT2D eigenvalue weighted by Gasteiger charge is 2.14. The first-order chi connectivity index (χ1) is 14.0. The molecule has 0 aliphatic carbocycles. The minimum atomic E-state index is -0.0621. The smallest absolute Gasteiger partial charge is 0.228 e. The standard InChI is InChI=1S/C23H24N4OS/c1-15(13-27(2)3)23(28)24-18-10-8-16(9-11-18)17-12-21(29-14-17)22-25-19-6-4-5-7-20(19)26-22/h4-12,14-15H,13H2,1-3H3,(H,24,28)(H,25,26). The van der Waals surface area contributed by atoms with Crippen molar-refractivity contribution in [2.24, 2.45) is 5.92 Å². The van der Waals surface area contributed by atoms with Gasteiger partial charge < -0.3 is 15.2 Å². The summed E-state index contributed by atoms with van der Waals surface area (Å²) >= 11 is 1.67. The summed E-state index contributed by atoms with van der Waals surface area (Å²) in [6, 6.07) is 18.2. The Morgan fingerprint density at radius 1 is 1.14 bits per heavy atom. The fraction of sp³-hybridized carbons (Fsp3) is 0.217. The number of rotatable bonds is 6. The summed E-state index contributed by atoms with van der Waals surface area (Å²) in [5, 5.41) is 5.13. The number of hydrogen-bond acceptors (Lipinski definition) is 4. The first-order valence-electron chi connectivity index (χ1n) is 9.59. The van der Waals surface area contributed by atoms with Crippen LogP contribution in [0.25, 0.3) is 32.9 Å². The first-order valence-corrected chi connectivity index (χ1v) is 10.5. The van der Waals surface area contributed by atoms with Gasteiger partial charge in [-0.05, 0) is 60.9 Å². The Balaban J connectivity index is 1.48. The molecule has 2 aromatic heterocycles.